The number of carbonyl (C=O) groups is 1. The largest absolute Gasteiger partial charge is 0.497 e. The summed E-state index contributed by atoms with van der Waals surface area (Å²) in [5, 5.41) is 9.04. The van der Waals surface area contributed by atoms with E-state index in [0.717, 1.165) is 0 Å². The van der Waals surface area contributed by atoms with Crippen molar-refractivity contribution in [2.24, 2.45) is 0 Å². The van der Waals surface area contributed by atoms with E-state index in [1.807, 2.05) is 0 Å². The number of benzene rings is 3. The molecule has 0 saturated carbocycles. The molecule has 4 rings (SSSR count). The number of carbonyl (C=O) groups excluding carboxylic acids is 1. The molecule has 196 valence electrons. The number of anilines is 5. The van der Waals surface area contributed by atoms with E-state index in [-0.39, 0.29) is 21.8 Å². The van der Waals surface area contributed by atoms with Gasteiger partial charge in [0.15, 0.2) is 5.82 Å². The lowest BCUT2D eigenvalue weighted by Gasteiger charge is -2.14. The first kappa shape index (κ1) is 26.7. The molecule has 38 heavy (non-hydrogen) atoms. The number of halogens is 1. The van der Waals surface area contributed by atoms with Crippen LogP contribution in [0.4, 0.5) is 28.8 Å². The molecule has 4 N–H and O–H groups in total. The minimum Gasteiger partial charge on any atom is -0.497 e. The SMILES string of the molecule is CNC(=O)c1ccccc1Nc1nc(Nc2ccc(NS(=O)(=O)c3ccc(OC)cc3)c(C)c2)ncc1Cl. The Kier molecular flexibility index (Phi) is 7.99. The number of amides is 1. The van der Waals surface area contributed by atoms with Gasteiger partial charge >= 0.3 is 0 Å². The van der Waals surface area contributed by atoms with Crippen LogP contribution in [0.5, 0.6) is 5.75 Å². The van der Waals surface area contributed by atoms with Crippen molar-refractivity contribution in [2.75, 3.05) is 29.5 Å². The molecule has 0 spiro atoms. The van der Waals surface area contributed by atoms with E-state index in [1.165, 1.54) is 25.4 Å². The molecule has 0 radical (unpaired) electrons. The molecule has 0 aliphatic heterocycles. The van der Waals surface area contributed by atoms with Crippen LogP contribution in [-0.2, 0) is 10.0 Å². The second kappa shape index (κ2) is 11.4. The monoisotopic (exact) mass is 552 g/mol. The van der Waals surface area contributed by atoms with Crippen LogP contribution in [0.3, 0.4) is 0 Å². The summed E-state index contributed by atoms with van der Waals surface area (Å²) in [4.78, 5) is 21.0. The Labute approximate surface area is 225 Å². The second-order valence-electron chi connectivity index (χ2n) is 8.08. The average molecular weight is 553 g/mol. The molecule has 3 aromatic carbocycles. The topological polar surface area (TPSA) is 134 Å². The molecule has 0 unspecified atom stereocenters. The molecule has 0 fully saturated rings. The predicted molar refractivity (Wildman–Crippen MR) is 148 cm³/mol. The van der Waals surface area contributed by atoms with Crippen LogP contribution >= 0.6 is 11.6 Å². The smallest absolute Gasteiger partial charge is 0.261 e. The van der Waals surface area contributed by atoms with E-state index in [0.29, 0.717) is 39.8 Å². The van der Waals surface area contributed by atoms with Gasteiger partial charge in [-0.15, -0.1) is 0 Å². The first-order chi connectivity index (χ1) is 18.2. The molecule has 4 aromatic rings. The third-order valence-electron chi connectivity index (χ3n) is 5.49. The number of nitrogens with zero attached hydrogens (tertiary/aromatic N) is 2. The fraction of sp³-hybridized carbons (Fsp3) is 0.115. The zero-order valence-electron chi connectivity index (χ0n) is 20.7. The predicted octanol–water partition coefficient (Wildman–Crippen LogP) is 5.09. The highest BCUT2D eigenvalue weighted by atomic mass is 35.5. The number of sulfonamides is 1. The number of aryl methyl sites for hydroxylation is 1. The molecule has 1 aromatic heterocycles. The minimum absolute atomic E-state index is 0.118. The normalized spacial score (nSPS) is 10.9. The van der Waals surface area contributed by atoms with Crippen LogP contribution in [-0.4, -0.2) is 38.5 Å². The first-order valence-corrected chi connectivity index (χ1v) is 13.2. The molecule has 12 heteroatoms. The van der Waals surface area contributed by atoms with Crippen LogP contribution in [0.15, 0.2) is 77.8 Å². The lowest BCUT2D eigenvalue weighted by atomic mass is 10.1. The summed E-state index contributed by atoms with van der Waals surface area (Å²) >= 11 is 6.30. The molecule has 1 amide bonds. The number of aromatic nitrogens is 2. The van der Waals surface area contributed by atoms with E-state index in [9.17, 15) is 13.2 Å². The number of methoxy groups -OCH3 is 1. The van der Waals surface area contributed by atoms with E-state index >= 15 is 0 Å². The van der Waals surface area contributed by atoms with Crippen LogP contribution in [0.25, 0.3) is 0 Å². The van der Waals surface area contributed by atoms with Crippen LogP contribution in [0.2, 0.25) is 5.02 Å². The zero-order chi connectivity index (χ0) is 27.3. The molecule has 10 nitrogen and oxygen atoms in total. The van der Waals surface area contributed by atoms with Gasteiger partial charge in [-0.2, -0.15) is 4.98 Å². The summed E-state index contributed by atoms with van der Waals surface area (Å²) in [5.41, 5.74) is 2.70. The van der Waals surface area contributed by atoms with Gasteiger partial charge in [0, 0.05) is 12.7 Å². The van der Waals surface area contributed by atoms with Crippen molar-refractivity contribution in [3.8, 4) is 5.75 Å². The molecule has 0 aliphatic rings. The number of hydrogen-bond donors (Lipinski definition) is 4. The van der Waals surface area contributed by atoms with Gasteiger partial charge in [0.05, 0.1) is 35.1 Å². The van der Waals surface area contributed by atoms with Gasteiger partial charge in [-0.1, -0.05) is 23.7 Å². The number of ether oxygens (including phenoxy) is 1. The minimum atomic E-state index is -3.79. The van der Waals surface area contributed by atoms with Crippen LogP contribution in [0.1, 0.15) is 15.9 Å². The maximum absolute atomic E-state index is 12.8. The van der Waals surface area contributed by atoms with Crippen LogP contribution < -0.4 is 25.4 Å². The Morgan fingerprint density at radius 1 is 0.974 bits per heavy atom. The summed E-state index contributed by atoms with van der Waals surface area (Å²) < 4.78 is 33.3. The van der Waals surface area contributed by atoms with Crippen molar-refractivity contribution in [3.63, 3.8) is 0 Å². The van der Waals surface area contributed by atoms with Crippen molar-refractivity contribution < 1.29 is 17.9 Å². The van der Waals surface area contributed by atoms with Gasteiger partial charge in [-0.25, -0.2) is 13.4 Å². The van der Waals surface area contributed by atoms with Crippen molar-refractivity contribution in [1.82, 2.24) is 15.3 Å². The number of nitrogens with one attached hydrogen (secondary N) is 4. The fourth-order valence-corrected chi connectivity index (χ4v) is 4.78. The molecular formula is C26H25ClN6O4S. The van der Waals surface area contributed by atoms with Crippen molar-refractivity contribution in [2.45, 2.75) is 11.8 Å². The third kappa shape index (κ3) is 6.13. The zero-order valence-corrected chi connectivity index (χ0v) is 22.3. The van der Waals surface area contributed by atoms with E-state index in [1.54, 1.807) is 68.6 Å². The van der Waals surface area contributed by atoms with Gasteiger partial charge in [0.2, 0.25) is 5.95 Å². The number of rotatable bonds is 9. The Bertz CT molecular complexity index is 1580. The summed E-state index contributed by atoms with van der Waals surface area (Å²) in [7, 11) is -0.721. The van der Waals surface area contributed by atoms with Crippen molar-refractivity contribution in [3.05, 3.63) is 89.1 Å². The Balaban J connectivity index is 1.51. The Hall–Kier alpha value is -4.35. The van der Waals surface area contributed by atoms with Gasteiger partial charge in [0.1, 0.15) is 10.8 Å². The van der Waals surface area contributed by atoms with E-state index in [2.05, 4.69) is 30.6 Å². The summed E-state index contributed by atoms with van der Waals surface area (Å²) in [6, 6.07) is 18.2. The van der Waals surface area contributed by atoms with Gasteiger partial charge in [0.25, 0.3) is 15.9 Å². The standard InChI is InChI=1S/C26H25ClN6O4S/c1-16-14-17(8-13-22(16)33-38(35,36)19-11-9-18(37-3)10-12-19)30-26-29-15-21(27)24(32-26)31-23-7-5-4-6-20(23)25(34)28-2/h4-15,33H,1-3H3,(H,28,34)(H2,29,30,31,32). The molecule has 0 bridgehead atoms. The third-order valence-corrected chi connectivity index (χ3v) is 7.15. The molecule has 0 saturated heterocycles. The molecular weight excluding hydrogens is 528 g/mol. The molecule has 1 heterocycles. The lowest BCUT2D eigenvalue weighted by Crippen LogP contribution is -2.19. The number of hydrogen-bond acceptors (Lipinski definition) is 8. The molecule has 0 aliphatic carbocycles. The van der Waals surface area contributed by atoms with E-state index in [4.69, 9.17) is 16.3 Å². The number of para-hydroxylation sites is 1. The highest BCUT2D eigenvalue weighted by molar-refractivity contribution is 7.92. The summed E-state index contributed by atoms with van der Waals surface area (Å²) in [5.74, 6) is 0.866. The fourth-order valence-electron chi connectivity index (χ4n) is 3.51. The van der Waals surface area contributed by atoms with E-state index < -0.39 is 10.0 Å². The summed E-state index contributed by atoms with van der Waals surface area (Å²) in [6.07, 6.45) is 1.44. The van der Waals surface area contributed by atoms with Crippen molar-refractivity contribution in [1.29, 1.82) is 0 Å². The maximum atomic E-state index is 12.8. The van der Waals surface area contributed by atoms with Crippen LogP contribution in [0, 0.1) is 6.92 Å². The summed E-state index contributed by atoms with van der Waals surface area (Å²) in [6.45, 7) is 1.78. The lowest BCUT2D eigenvalue weighted by molar-refractivity contribution is 0.0964. The highest BCUT2D eigenvalue weighted by Gasteiger charge is 2.16. The molecule has 0 atom stereocenters. The maximum Gasteiger partial charge on any atom is 0.261 e. The average Bonchev–Trinajstić information content (AvgIpc) is 2.92. The quantitative estimate of drug-likeness (QED) is 0.225. The second-order valence-corrected chi connectivity index (χ2v) is 10.2. The Morgan fingerprint density at radius 2 is 1.71 bits per heavy atom. The van der Waals surface area contributed by atoms with Crippen molar-refractivity contribution >= 4 is 56.4 Å². The Morgan fingerprint density at radius 3 is 2.39 bits per heavy atom. The van der Waals surface area contributed by atoms with Gasteiger partial charge < -0.3 is 20.7 Å². The highest BCUT2D eigenvalue weighted by Crippen LogP contribution is 2.28. The first-order valence-electron chi connectivity index (χ1n) is 11.4. The van der Waals surface area contributed by atoms with Gasteiger partial charge in [-0.05, 0) is 67.1 Å². The van der Waals surface area contributed by atoms with Gasteiger partial charge in [-0.3, -0.25) is 9.52 Å².